The van der Waals surface area contributed by atoms with Crippen molar-refractivity contribution in [1.29, 1.82) is 0 Å². The molecule has 0 saturated carbocycles. The lowest BCUT2D eigenvalue weighted by Crippen LogP contribution is -2.47. The third kappa shape index (κ3) is 9.03. The first-order valence-corrected chi connectivity index (χ1v) is 8.16. The number of aliphatic imine (C=N–C) groups is 1. The first-order valence-electron chi connectivity index (χ1n) is 8.16. The molecule has 0 unspecified atom stereocenters. The van der Waals surface area contributed by atoms with Crippen LogP contribution in [0.4, 0.5) is 15.3 Å². The van der Waals surface area contributed by atoms with E-state index in [0.29, 0.717) is 11.3 Å². The summed E-state index contributed by atoms with van der Waals surface area (Å²) in [6.45, 7) is 10.2. The molecule has 0 atom stereocenters. The Bertz CT molecular complexity index is 640. The van der Waals surface area contributed by atoms with Crippen molar-refractivity contribution in [1.82, 2.24) is 10.6 Å². The molecule has 1 aromatic rings. The Morgan fingerprint density at radius 2 is 1.50 bits per heavy atom. The molecule has 2 amide bonds. The van der Waals surface area contributed by atoms with Crippen LogP contribution in [0.2, 0.25) is 0 Å². The zero-order valence-electron chi connectivity index (χ0n) is 16.0. The van der Waals surface area contributed by atoms with Gasteiger partial charge in [-0.05, 0) is 59.2 Å². The predicted octanol–water partition coefficient (Wildman–Crippen LogP) is 3.22. The van der Waals surface area contributed by atoms with Gasteiger partial charge >= 0.3 is 12.2 Å². The van der Waals surface area contributed by atoms with E-state index in [1.165, 1.54) is 0 Å². The van der Waals surface area contributed by atoms with E-state index >= 15 is 0 Å². The minimum Gasteiger partial charge on any atom is -0.444 e. The second-order valence-corrected chi connectivity index (χ2v) is 7.54. The molecule has 0 fully saturated rings. The van der Waals surface area contributed by atoms with Crippen molar-refractivity contribution in [3.63, 3.8) is 0 Å². The molecule has 3 N–H and O–H groups in total. The summed E-state index contributed by atoms with van der Waals surface area (Å²) in [6.07, 6.45) is -1.55. The van der Waals surface area contributed by atoms with Gasteiger partial charge in [0, 0.05) is 0 Å². The number of nitrogens with zero attached hydrogens (tertiary/aromatic N) is 1. The summed E-state index contributed by atoms with van der Waals surface area (Å²) in [6, 6.07) is 6.70. The molecular weight excluding hydrogens is 338 g/mol. The highest BCUT2D eigenvalue weighted by Crippen LogP contribution is 2.14. The highest BCUT2D eigenvalue weighted by molar-refractivity contribution is 6.02. The molecule has 0 saturated heterocycles. The number of guanidine groups is 1. The van der Waals surface area contributed by atoms with Gasteiger partial charge in [-0.15, -0.1) is 0 Å². The van der Waals surface area contributed by atoms with Crippen LogP contribution in [0.1, 0.15) is 47.1 Å². The molecule has 0 aliphatic carbocycles. The quantitative estimate of drug-likeness (QED) is 0.551. The highest BCUT2D eigenvalue weighted by Gasteiger charge is 2.21. The number of aliphatic hydroxyl groups is 1. The van der Waals surface area contributed by atoms with E-state index in [2.05, 4.69) is 15.6 Å². The van der Waals surface area contributed by atoms with Gasteiger partial charge in [0.2, 0.25) is 5.96 Å². The molecule has 0 bridgehead atoms. The predicted molar refractivity (Wildman–Crippen MR) is 98.2 cm³/mol. The second-order valence-electron chi connectivity index (χ2n) is 7.54. The molecule has 0 spiro atoms. The number of carbonyl (C=O) groups is 2. The highest BCUT2D eigenvalue weighted by atomic mass is 16.6. The molecule has 26 heavy (non-hydrogen) atoms. The lowest BCUT2D eigenvalue weighted by atomic mass is 10.2. The molecule has 8 heteroatoms. The van der Waals surface area contributed by atoms with Gasteiger partial charge < -0.3 is 14.6 Å². The number of aliphatic hydroxyl groups excluding tert-OH is 1. The van der Waals surface area contributed by atoms with Crippen molar-refractivity contribution < 1.29 is 24.2 Å². The van der Waals surface area contributed by atoms with E-state index in [-0.39, 0.29) is 12.6 Å². The molecule has 1 rings (SSSR count). The smallest absolute Gasteiger partial charge is 0.414 e. The van der Waals surface area contributed by atoms with E-state index < -0.39 is 23.4 Å². The van der Waals surface area contributed by atoms with Gasteiger partial charge in [-0.1, -0.05) is 12.1 Å². The maximum Gasteiger partial charge on any atom is 0.414 e. The van der Waals surface area contributed by atoms with Crippen LogP contribution in [0.15, 0.2) is 29.3 Å². The Balaban J connectivity index is 3.02. The van der Waals surface area contributed by atoms with Crippen LogP contribution >= 0.6 is 0 Å². The number of carbonyl (C=O) groups excluding carboxylic acids is 2. The zero-order chi connectivity index (χ0) is 20.0. The topological polar surface area (TPSA) is 109 Å². The van der Waals surface area contributed by atoms with Crippen LogP contribution < -0.4 is 10.6 Å². The summed E-state index contributed by atoms with van der Waals surface area (Å²) in [5, 5.41) is 14.0. The first kappa shape index (κ1) is 21.4. The van der Waals surface area contributed by atoms with Crippen molar-refractivity contribution in [2.75, 3.05) is 0 Å². The van der Waals surface area contributed by atoms with E-state index in [1.807, 2.05) is 0 Å². The fourth-order valence-electron chi connectivity index (χ4n) is 1.74. The number of amides is 2. The normalized spacial score (nSPS) is 11.3. The van der Waals surface area contributed by atoms with E-state index in [0.717, 1.165) is 0 Å². The average Bonchev–Trinajstić information content (AvgIpc) is 2.42. The Labute approximate surface area is 153 Å². The van der Waals surface area contributed by atoms with Crippen molar-refractivity contribution in [2.24, 2.45) is 4.99 Å². The fourth-order valence-corrected chi connectivity index (χ4v) is 1.74. The van der Waals surface area contributed by atoms with Crippen molar-refractivity contribution in [2.45, 2.75) is 59.4 Å². The Hall–Kier alpha value is -2.61. The van der Waals surface area contributed by atoms with Crippen LogP contribution in [0.25, 0.3) is 0 Å². The molecule has 0 aliphatic heterocycles. The number of nitrogens with one attached hydrogen (secondary N) is 2. The Morgan fingerprint density at radius 3 is 1.92 bits per heavy atom. The Morgan fingerprint density at radius 1 is 1.00 bits per heavy atom. The van der Waals surface area contributed by atoms with Crippen molar-refractivity contribution in [3.8, 4) is 0 Å². The van der Waals surface area contributed by atoms with Gasteiger partial charge in [0.15, 0.2) is 0 Å². The number of hydrogen-bond donors (Lipinski definition) is 3. The van der Waals surface area contributed by atoms with E-state index in [9.17, 15) is 14.7 Å². The van der Waals surface area contributed by atoms with Crippen LogP contribution in [0.5, 0.6) is 0 Å². The maximum absolute atomic E-state index is 12.0. The van der Waals surface area contributed by atoms with Crippen molar-refractivity contribution in [3.05, 3.63) is 29.8 Å². The number of rotatable bonds is 2. The minimum absolute atomic E-state index is 0.149. The summed E-state index contributed by atoms with van der Waals surface area (Å²) < 4.78 is 10.3. The first-order chi connectivity index (χ1) is 11.9. The summed E-state index contributed by atoms with van der Waals surface area (Å²) in [4.78, 5) is 28.2. The molecule has 1 aromatic carbocycles. The molecule has 0 radical (unpaired) electrons. The van der Waals surface area contributed by atoms with Crippen LogP contribution in [-0.2, 0) is 16.1 Å². The van der Waals surface area contributed by atoms with Gasteiger partial charge in [0.1, 0.15) is 11.2 Å². The van der Waals surface area contributed by atoms with E-state index in [1.54, 1.807) is 65.8 Å². The Kier molecular flexibility index (Phi) is 7.14. The molecule has 0 heterocycles. The van der Waals surface area contributed by atoms with Crippen LogP contribution in [-0.4, -0.2) is 34.5 Å². The van der Waals surface area contributed by atoms with Gasteiger partial charge in [0.05, 0.1) is 12.3 Å². The largest absolute Gasteiger partial charge is 0.444 e. The lowest BCUT2D eigenvalue weighted by Gasteiger charge is -2.22. The van der Waals surface area contributed by atoms with Gasteiger partial charge in [-0.3, -0.25) is 10.6 Å². The van der Waals surface area contributed by atoms with E-state index in [4.69, 9.17) is 9.47 Å². The molecule has 8 nitrogen and oxygen atoms in total. The van der Waals surface area contributed by atoms with Crippen LogP contribution in [0.3, 0.4) is 0 Å². The van der Waals surface area contributed by atoms with Crippen molar-refractivity contribution >= 4 is 23.8 Å². The number of ether oxygens (including phenoxy) is 2. The summed E-state index contributed by atoms with van der Waals surface area (Å²) in [5.41, 5.74) is -0.352. The third-order valence-corrected chi connectivity index (χ3v) is 2.57. The second kappa shape index (κ2) is 8.66. The lowest BCUT2D eigenvalue weighted by molar-refractivity contribution is 0.0545. The molecule has 0 aliphatic rings. The fraction of sp³-hybridized carbons (Fsp3) is 0.500. The summed E-state index contributed by atoms with van der Waals surface area (Å²) >= 11 is 0. The minimum atomic E-state index is -0.773. The average molecular weight is 365 g/mol. The molecular formula is C18H27N3O5. The van der Waals surface area contributed by atoms with Gasteiger partial charge in [-0.2, -0.15) is 0 Å². The standard InChI is InChI=1S/C18H27N3O5/c1-17(2,3)25-15(23)20-14(21-16(24)26-18(4,5)6)19-13-9-7-8-12(10-13)11-22/h7-10,22H,11H2,1-6H3,(H2,19,20,21,23,24). The molecule has 0 aromatic heterocycles. The number of alkyl carbamates (subject to hydrolysis) is 2. The zero-order valence-corrected chi connectivity index (χ0v) is 16.0. The van der Waals surface area contributed by atoms with Gasteiger partial charge in [0.25, 0.3) is 0 Å². The third-order valence-electron chi connectivity index (χ3n) is 2.57. The number of benzene rings is 1. The maximum atomic E-state index is 12.0. The van der Waals surface area contributed by atoms with Crippen LogP contribution in [0, 0.1) is 0 Å². The summed E-state index contributed by atoms with van der Waals surface area (Å²) in [7, 11) is 0. The monoisotopic (exact) mass is 365 g/mol. The molecule has 144 valence electrons. The van der Waals surface area contributed by atoms with Gasteiger partial charge in [-0.25, -0.2) is 14.6 Å². The summed E-state index contributed by atoms with van der Waals surface area (Å²) in [5.74, 6) is -0.149. The number of hydrogen-bond acceptors (Lipinski definition) is 6. The SMILES string of the molecule is CC(C)(C)OC(=O)NC(=Nc1cccc(CO)c1)NC(=O)OC(C)(C)C.